The summed E-state index contributed by atoms with van der Waals surface area (Å²) in [5, 5.41) is 4.33. The predicted molar refractivity (Wildman–Crippen MR) is 124 cm³/mol. The van der Waals surface area contributed by atoms with Gasteiger partial charge in [-0.15, -0.1) is 0 Å². The highest BCUT2D eigenvalue weighted by Crippen LogP contribution is 2.32. The number of aryl methyl sites for hydroxylation is 2. The Morgan fingerprint density at radius 3 is 2.61 bits per heavy atom. The molecule has 0 atom stereocenters. The monoisotopic (exact) mass is 449 g/mol. The molecule has 1 amide bonds. The van der Waals surface area contributed by atoms with E-state index < -0.39 is 17.3 Å². The second-order valence-corrected chi connectivity index (χ2v) is 9.34. The maximum atomic E-state index is 15.0. The highest BCUT2D eigenvalue weighted by Gasteiger charge is 2.28. The topological polar surface area (TPSA) is 64.4 Å². The molecule has 1 aromatic heterocycles. The minimum absolute atomic E-state index is 0.00170. The van der Waals surface area contributed by atoms with Gasteiger partial charge in [-0.1, -0.05) is 24.3 Å². The molecule has 2 aromatic carbocycles. The standard InChI is InChI=1S/C26H28FN3O3/c1-26(2,3)33-24(31)12-10-17-9-11-20(21(27)13-17)25(32)30-16-19-15-28-29(4)23(19)14-18-7-5-6-8-22(18)30/h5-9,11,13,15H,10,12,14,16H2,1-4H3. The number of halogens is 1. The van der Waals surface area contributed by atoms with Gasteiger partial charge >= 0.3 is 5.97 Å². The van der Waals surface area contributed by atoms with Crippen LogP contribution in [-0.4, -0.2) is 27.3 Å². The van der Waals surface area contributed by atoms with Gasteiger partial charge in [-0.25, -0.2) is 4.39 Å². The van der Waals surface area contributed by atoms with Crippen molar-refractivity contribution in [3.05, 3.63) is 82.4 Å². The fourth-order valence-corrected chi connectivity index (χ4v) is 4.08. The summed E-state index contributed by atoms with van der Waals surface area (Å²) in [4.78, 5) is 27.1. The molecule has 0 radical (unpaired) electrons. The van der Waals surface area contributed by atoms with Crippen molar-refractivity contribution in [1.29, 1.82) is 0 Å². The number of anilines is 1. The second-order valence-electron chi connectivity index (χ2n) is 9.34. The lowest BCUT2D eigenvalue weighted by atomic mass is 10.0. The number of hydrogen-bond donors (Lipinski definition) is 0. The summed E-state index contributed by atoms with van der Waals surface area (Å²) < 4.78 is 22.2. The average Bonchev–Trinajstić information content (AvgIpc) is 2.99. The van der Waals surface area contributed by atoms with Crippen molar-refractivity contribution in [2.24, 2.45) is 7.05 Å². The number of esters is 1. The first-order chi connectivity index (χ1) is 15.6. The summed E-state index contributed by atoms with van der Waals surface area (Å²) in [6.07, 6.45) is 2.90. The van der Waals surface area contributed by atoms with Crippen molar-refractivity contribution in [3.8, 4) is 0 Å². The Kier molecular flexibility index (Phi) is 6.06. The molecule has 3 aromatic rings. The Morgan fingerprint density at radius 2 is 1.88 bits per heavy atom. The van der Waals surface area contributed by atoms with Crippen LogP contribution in [0.3, 0.4) is 0 Å². The molecule has 0 unspecified atom stereocenters. The number of fused-ring (bicyclic) bond motifs is 2. The van der Waals surface area contributed by atoms with E-state index in [0.29, 0.717) is 24.9 Å². The van der Waals surface area contributed by atoms with Crippen molar-refractivity contribution in [1.82, 2.24) is 9.78 Å². The second kappa shape index (κ2) is 8.81. The molecule has 172 valence electrons. The van der Waals surface area contributed by atoms with Gasteiger partial charge in [0, 0.05) is 36.8 Å². The van der Waals surface area contributed by atoms with Crippen LogP contribution < -0.4 is 4.90 Å². The maximum absolute atomic E-state index is 15.0. The zero-order valence-electron chi connectivity index (χ0n) is 19.4. The molecule has 1 aliphatic rings. The van der Waals surface area contributed by atoms with E-state index in [2.05, 4.69) is 5.10 Å². The first-order valence-electron chi connectivity index (χ1n) is 11.0. The number of carbonyl (C=O) groups is 2. The average molecular weight is 450 g/mol. The smallest absolute Gasteiger partial charge is 0.306 e. The van der Waals surface area contributed by atoms with Crippen molar-refractivity contribution in [2.75, 3.05) is 4.90 Å². The summed E-state index contributed by atoms with van der Waals surface area (Å²) in [6, 6.07) is 12.2. The molecular weight excluding hydrogens is 421 g/mol. The molecule has 6 nitrogen and oxygen atoms in total. The van der Waals surface area contributed by atoms with Gasteiger partial charge in [0.05, 0.1) is 18.3 Å². The highest BCUT2D eigenvalue weighted by atomic mass is 19.1. The van der Waals surface area contributed by atoms with E-state index in [4.69, 9.17) is 4.74 Å². The van der Waals surface area contributed by atoms with Crippen LogP contribution in [-0.2, 0) is 36.0 Å². The number of benzene rings is 2. The maximum Gasteiger partial charge on any atom is 0.306 e. The Labute approximate surface area is 193 Å². The first kappa shape index (κ1) is 22.7. The molecule has 7 heteroatoms. The molecule has 0 spiro atoms. The SMILES string of the molecule is Cn1ncc2c1Cc1ccccc1N(C(=O)c1ccc(CCC(=O)OC(C)(C)C)cc1F)C2. The molecule has 0 saturated heterocycles. The van der Waals surface area contributed by atoms with Gasteiger partial charge in [-0.3, -0.25) is 14.3 Å². The number of ether oxygens (including phenoxy) is 1. The molecule has 0 bridgehead atoms. The van der Waals surface area contributed by atoms with E-state index in [1.807, 2.05) is 36.0 Å². The Bertz CT molecular complexity index is 1210. The predicted octanol–water partition coefficient (Wildman–Crippen LogP) is 4.58. The van der Waals surface area contributed by atoms with Crippen molar-refractivity contribution >= 4 is 17.6 Å². The summed E-state index contributed by atoms with van der Waals surface area (Å²) in [5.74, 6) is -1.35. The number of aromatic nitrogens is 2. The fraction of sp³-hybridized carbons (Fsp3) is 0.346. The third-order valence-corrected chi connectivity index (χ3v) is 5.66. The molecule has 0 saturated carbocycles. The van der Waals surface area contributed by atoms with E-state index in [-0.39, 0.29) is 18.0 Å². The van der Waals surface area contributed by atoms with Crippen molar-refractivity contribution < 1.29 is 18.7 Å². The Hall–Kier alpha value is -3.48. The van der Waals surface area contributed by atoms with Crippen LogP contribution in [0.5, 0.6) is 0 Å². The third-order valence-electron chi connectivity index (χ3n) is 5.66. The van der Waals surface area contributed by atoms with Gasteiger partial charge in [-0.05, 0) is 56.5 Å². The van der Waals surface area contributed by atoms with E-state index in [1.165, 1.54) is 12.1 Å². The number of hydrogen-bond acceptors (Lipinski definition) is 4. The largest absolute Gasteiger partial charge is 0.460 e. The fourth-order valence-electron chi connectivity index (χ4n) is 4.08. The molecule has 0 N–H and O–H groups in total. The van der Waals surface area contributed by atoms with Crippen molar-refractivity contribution in [2.45, 2.75) is 52.2 Å². The molecule has 4 rings (SSSR count). The number of nitrogens with zero attached hydrogens (tertiary/aromatic N) is 3. The number of carbonyl (C=O) groups excluding carboxylic acids is 2. The lowest BCUT2D eigenvalue weighted by Gasteiger charge is -2.23. The number of amides is 1. The summed E-state index contributed by atoms with van der Waals surface area (Å²) >= 11 is 0. The normalized spacial score (nSPS) is 13.2. The van der Waals surface area contributed by atoms with Crippen LogP contribution in [0.15, 0.2) is 48.7 Å². The molecule has 0 aliphatic carbocycles. The molecule has 33 heavy (non-hydrogen) atoms. The molecular formula is C26H28FN3O3. The van der Waals surface area contributed by atoms with Crippen LogP contribution in [0.2, 0.25) is 0 Å². The molecule has 2 heterocycles. The van der Waals surface area contributed by atoms with Gasteiger partial charge in [-0.2, -0.15) is 5.10 Å². The summed E-state index contributed by atoms with van der Waals surface area (Å²) in [5.41, 5.74) is 3.82. The zero-order valence-corrected chi connectivity index (χ0v) is 19.4. The Balaban J connectivity index is 1.57. The van der Waals surface area contributed by atoms with Crippen LogP contribution in [0.25, 0.3) is 0 Å². The van der Waals surface area contributed by atoms with Crippen LogP contribution >= 0.6 is 0 Å². The lowest BCUT2D eigenvalue weighted by molar-refractivity contribution is -0.154. The Morgan fingerprint density at radius 1 is 1.12 bits per heavy atom. The van der Waals surface area contributed by atoms with Crippen LogP contribution in [0.1, 0.15) is 59.9 Å². The van der Waals surface area contributed by atoms with Crippen LogP contribution in [0.4, 0.5) is 10.1 Å². The minimum Gasteiger partial charge on any atom is -0.460 e. The van der Waals surface area contributed by atoms with Gasteiger partial charge in [0.1, 0.15) is 11.4 Å². The van der Waals surface area contributed by atoms with E-state index >= 15 is 4.39 Å². The third kappa shape index (κ3) is 4.97. The number of para-hydroxylation sites is 1. The molecule has 0 fully saturated rings. The van der Waals surface area contributed by atoms with Gasteiger partial charge in [0.2, 0.25) is 0 Å². The zero-order chi connectivity index (χ0) is 23.8. The van der Waals surface area contributed by atoms with Gasteiger partial charge in [0.25, 0.3) is 5.91 Å². The first-order valence-corrected chi connectivity index (χ1v) is 11.0. The summed E-state index contributed by atoms with van der Waals surface area (Å²) in [7, 11) is 1.88. The minimum atomic E-state index is -0.602. The van der Waals surface area contributed by atoms with Gasteiger partial charge < -0.3 is 9.64 Å². The molecule has 1 aliphatic heterocycles. The van der Waals surface area contributed by atoms with E-state index in [0.717, 1.165) is 22.5 Å². The lowest BCUT2D eigenvalue weighted by Crippen LogP contribution is -2.31. The van der Waals surface area contributed by atoms with Gasteiger partial charge in [0.15, 0.2) is 0 Å². The summed E-state index contributed by atoms with van der Waals surface area (Å²) in [6.45, 7) is 5.74. The highest BCUT2D eigenvalue weighted by molar-refractivity contribution is 6.06. The quantitative estimate of drug-likeness (QED) is 0.547. The number of rotatable bonds is 4. The van der Waals surface area contributed by atoms with E-state index in [1.54, 1.807) is 37.9 Å². The van der Waals surface area contributed by atoms with E-state index in [9.17, 15) is 9.59 Å². The van der Waals surface area contributed by atoms with Crippen molar-refractivity contribution in [3.63, 3.8) is 0 Å². The van der Waals surface area contributed by atoms with Crippen LogP contribution in [0, 0.1) is 5.82 Å².